The number of hydrogen-bond donors (Lipinski definition) is 0. The van der Waals surface area contributed by atoms with Crippen LogP contribution < -0.4 is 0 Å². The van der Waals surface area contributed by atoms with E-state index in [4.69, 9.17) is 0 Å². The van der Waals surface area contributed by atoms with Crippen molar-refractivity contribution in [2.24, 2.45) is 29.6 Å². The molecule has 4 heteroatoms. The molecule has 4 rings (SSSR count). The van der Waals surface area contributed by atoms with Crippen molar-refractivity contribution in [2.45, 2.75) is 31.9 Å². The zero-order valence-electron chi connectivity index (χ0n) is 11.6. The Balaban J connectivity index is 1.46. The van der Waals surface area contributed by atoms with Crippen molar-refractivity contribution < 1.29 is 18.0 Å². The fourth-order valence-electron chi connectivity index (χ4n) is 4.93. The molecule has 0 spiro atoms. The second-order valence-corrected chi connectivity index (χ2v) is 6.85. The maximum Gasteiger partial charge on any atom is 0.416 e. The maximum absolute atomic E-state index is 12.7. The minimum atomic E-state index is -4.34. The van der Waals surface area contributed by atoms with Crippen molar-refractivity contribution in [3.8, 4) is 0 Å². The number of halogens is 3. The summed E-state index contributed by atoms with van der Waals surface area (Å²) < 4.78 is 38.1. The minimum absolute atomic E-state index is 0.144. The molecule has 3 aliphatic rings. The largest absolute Gasteiger partial charge is 0.416 e. The molecule has 4 atom stereocenters. The number of carbonyl (C=O) groups excluding carboxylic acids is 1. The second kappa shape index (κ2) is 4.34. The Morgan fingerprint density at radius 3 is 2.43 bits per heavy atom. The highest BCUT2D eigenvalue weighted by molar-refractivity contribution is 5.87. The molecular weight excluding hydrogens is 277 g/mol. The summed E-state index contributed by atoms with van der Waals surface area (Å²) in [5.41, 5.74) is -0.170. The predicted molar refractivity (Wildman–Crippen MR) is 71.5 cm³/mol. The van der Waals surface area contributed by atoms with Gasteiger partial charge in [0, 0.05) is 12.3 Å². The van der Waals surface area contributed by atoms with Gasteiger partial charge in [0.15, 0.2) is 0 Å². The summed E-state index contributed by atoms with van der Waals surface area (Å²) in [6.07, 6.45) is -0.406. The summed E-state index contributed by atoms with van der Waals surface area (Å²) in [6, 6.07) is 5.19. The number of alkyl halides is 3. The Labute approximate surface area is 121 Å². The number of benzene rings is 1. The van der Waals surface area contributed by atoms with Crippen molar-refractivity contribution in [3.05, 3.63) is 35.4 Å². The lowest BCUT2D eigenvalue weighted by atomic mass is 9.96. The van der Waals surface area contributed by atoms with Crippen LogP contribution in [0.3, 0.4) is 0 Å². The lowest BCUT2D eigenvalue weighted by Gasteiger charge is -2.10. The zero-order chi connectivity index (χ0) is 14.8. The molecule has 21 heavy (non-hydrogen) atoms. The van der Waals surface area contributed by atoms with Gasteiger partial charge in [-0.15, -0.1) is 0 Å². The van der Waals surface area contributed by atoms with E-state index < -0.39 is 11.7 Å². The molecule has 1 aromatic rings. The molecule has 0 heterocycles. The second-order valence-electron chi connectivity index (χ2n) is 6.85. The van der Waals surface area contributed by atoms with Gasteiger partial charge < -0.3 is 0 Å². The summed E-state index contributed by atoms with van der Waals surface area (Å²) in [7, 11) is 0. The summed E-state index contributed by atoms with van der Waals surface area (Å²) in [4.78, 5) is 12.4. The average molecular weight is 294 g/mol. The third kappa shape index (κ3) is 2.11. The molecule has 3 aliphatic carbocycles. The van der Waals surface area contributed by atoms with Gasteiger partial charge in [-0.25, -0.2) is 0 Å². The van der Waals surface area contributed by atoms with Crippen molar-refractivity contribution in [3.63, 3.8) is 0 Å². The van der Waals surface area contributed by atoms with Crippen LogP contribution in [0.4, 0.5) is 13.2 Å². The highest BCUT2D eigenvalue weighted by Crippen LogP contribution is 2.69. The molecule has 0 aliphatic heterocycles. The standard InChI is InChI=1S/C17H17F3O/c18-17(19,20)12-3-1-2-9(6-12)7-13(21)16-14-10-4-5-11(8-10)15(14)16/h1-3,6,10-11,14-16H,4-5,7-8H2. The first-order chi connectivity index (χ1) is 9.95. The summed E-state index contributed by atoms with van der Waals surface area (Å²) >= 11 is 0. The van der Waals surface area contributed by atoms with Crippen LogP contribution in [-0.4, -0.2) is 5.78 Å². The van der Waals surface area contributed by atoms with E-state index in [1.54, 1.807) is 6.07 Å². The van der Waals surface area contributed by atoms with Gasteiger partial charge in [0.25, 0.3) is 0 Å². The van der Waals surface area contributed by atoms with E-state index in [2.05, 4.69) is 0 Å². The molecule has 3 fully saturated rings. The molecule has 0 N–H and O–H groups in total. The van der Waals surface area contributed by atoms with Gasteiger partial charge in [0.1, 0.15) is 5.78 Å². The van der Waals surface area contributed by atoms with Gasteiger partial charge in [-0.3, -0.25) is 4.79 Å². The van der Waals surface area contributed by atoms with Crippen LogP contribution in [0.2, 0.25) is 0 Å². The van der Waals surface area contributed by atoms with Crippen LogP contribution in [0.1, 0.15) is 30.4 Å². The van der Waals surface area contributed by atoms with Gasteiger partial charge in [0.2, 0.25) is 0 Å². The van der Waals surface area contributed by atoms with E-state index >= 15 is 0 Å². The first-order valence-corrected chi connectivity index (χ1v) is 7.64. The highest BCUT2D eigenvalue weighted by atomic mass is 19.4. The number of ketones is 1. The Kier molecular flexibility index (Phi) is 2.76. The number of Topliss-reactive ketones (excluding diaryl/α,β-unsaturated/α-hetero) is 1. The monoisotopic (exact) mass is 294 g/mol. The number of rotatable bonds is 3. The third-order valence-electron chi connectivity index (χ3n) is 5.74. The van der Waals surface area contributed by atoms with E-state index in [1.165, 1.54) is 25.3 Å². The lowest BCUT2D eigenvalue weighted by molar-refractivity contribution is -0.137. The Hall–Kier alpha value is -1.32. The van der Waals surface area contributed by atoms with Crippen LogP contribution in [0, 0.1) is 29.6 Å². The van der Waals surface area contributed by atoms with Crippen molar-refractivity contribution >= 4 is 5.78 Å². The molecule has 2 bridgehead atoms. The van der Waals surface area contributed by atoms with Crippen LogP contribution in [0.25, 0.3) is 0 Å². The average Bonchev–Trinajstić information content (AvgIpc) is 2.87. The molecule has 0 radical (unpaired) electrons. The van der Waals surface area contributed by atoms with Gasteiger partial charge >= 0.3 is 6.18 Å². The SMILES string of the molecule is O=C(Cc1cccc(C(F)(F)F)c1)C1C2C3CCC(C3)C12. The molecule has 3 saturated carbocycles. The molecule has 1 aromatic carbocycles. The van der Waals surface area contributed by atoms with E-state index in [0.29, 0.717) is 17.4 Å². The van der Waals surface area contributed by atoms with E-state index in [0.717, 1.165) is 24.0 Å². The lowest BCUT2D eigenvalue weighted by Crippen LogP contribution is -2.13. The van der Waals surface area contributed by atoms with Crippen LogP contribution in [-0.2, 0) is 17.4 Å². The number of hydrogen-bond acceptors (Lipinski definition) is 1. The van der Waals surface area contributed by atoms with E-state index in [-0.39, 0.29) is 18.1 Å². The predicted octanol–water partition coefficient (Wildman–Crippen LogP) is 4.11. The third-order valence-corrected chi connectivity index (χ3v) is 5.74. The molecule has 0 amide bonds. The first-order valence-electron chi connectivity index (χ1n) is 7.64. The summed E-state index contributed by atoms with van der Waals surface area (Å²) in [6.45, 7) is 0. The van der Waals surface area contributed by atoms with Gasteiger partial charge in [-0.05, 0) is 54.6 Å². The topological polar surface area (TPSA) is 17.1 Å². The first kappa shape index (κ1) is 13.4. The van der Waals surface area contributed by atoms with Gasteiger partial charge in [-0.1, -0.05) is 18.2 Å². The van der Waals surface area contributed by atoms with E-state index in [9.17, 15) is 18.0 Å². The van der Waals surface area contributed by atoms with Crippen molar-refractivity contribution in [1.29, 1.82) is 0 Å². The maximum atomic E-state index is 12.7. The Bertz CT molecular complexity index is 576. The number of carbonyl (C=O) groups is 1. The molecule has 4 unspecified atom stereocenters. The molecule has 112 valence electrons. The normalized spacial score (nSPS) is 36.6. The highest BCUT2D eigenvalue weighted by Gasteiger charge is 2.66. The van der Waals surface area contributed by atoms with E-state index in [1.807, 2.05) is 0 Å². The Morgan fingerprint density at radius 2 is 1.81 bits per heavy atom. The minimum Gasteiger partial charge on any atom is -0.299 e. The van der Waals surface area contributed by atoms with Crippen molar-refractivity contribution in [2.75, 3.05) is 0 Å². The molecule has 1 nitrogen and oxygen atoms in total. The van der Waals surface area contributed by atoms with Crippen molar-refractivity contribution in [1.82, 2.24) is 0 Å². The smallest absolute Gasteiger partial charge is 0.299 e. The van der Waals surface area contributed by atoms with Crippen LogP contribution in [0.5, 0.6) is 0 Å². The van der Waals surface area contributed by atoms with Gasteiger partial charge in [0.05, 0.1) is 5.56 Å². The van der Waals surface area contributed by atoms with Crippen LogP contribution >= 0.6 is 0 Å². The fraction of sp³-hybridized carbons (Fsp3) is 0.588. The zero-order valence-corrected chi connectivity index (χ0v) is 11.6. The summed E-state index contributed by atoms with van der Waals surface area (Å²) in [5, 5.41) is 0. The molecule has 0 saturated heterocycles. The van der Waals surface area contributed by atoms with Gasteiger partial charge in [-0.2, -0.15) is 13.2 Å². The van der Waals surface area contributed by atoms with Crippen LogP contribution in [0.15, 0.2) is 24.3 Å². The summed E-state index contributed by atoms with van der Waals surface area (Å²) in [5.74, 6) is 2.85. The fourth-order valence-corrected chi connectivity index (χ4v) is 4.93. The quantitative estimate of drug-likeness (QED) is 0.820. The molecule has 0 aromatic heterocycles. The molecular formula is C17H17F3O. The Morgan fingerprint density at radius 1 is 1.14 bits per heavy atom. The number of fused-ring (bicyclic) bond motifs is 5.